The van der Waals surface area contributed by atoms with Gasteiger partial charge in [0, 0.05) is 19.0 Å². The first-order valence-corrected chi connectivity index (χ1v) is 4.51. The molecule has 4 heteroatoms. The Hall–Kier alpha value is -0.190. The van der Waals surface area contributed by atoms with Crippen molar-refractivity contribution in [2.75, 3.05) is 13.6 Å². The number of hydrogen-bond acceptors (Lipinski definition) is 3. The Labute approximate surface area is 79.5 Å². The molecule has 2 unspecified atom stereocenters. The highest BCUT2D eigenvalue weighted by atomic mass is 32.1. The molecule has 0 saturated carbocycles. The molecule has 0 aromatic rings. The van der Waals surface area contributed by atoms with Gasteiger partial charge in [-0.3, -0.25) is 0 Å². The van der Waals surface area contributed by atoms with Crippen molar-refractivity contribution in [3.05, 3.63) is 0 Å². The Morgan fingerprint density at radius 3 is 2.42 bits per heavy atom. The first-order chi connectivity index (χ1) is 5.43. The third-order valence-corrected chi connectivity index (χ3v) is 1.97. The second kappa shape index (κ2) is 5.45. The lowest BCUT2D eigenvalue weighted by Gasteiger charge is -2.25. The standard InChI is InChI=1S/C8H18N2OS/c1-6(4-8(9)12)10(3)5-7(2)11/h6-7,11H,4-5H2,1-3H3,(H2,9,12). The SMILES string of the molecule is CC(O)CN(C)C(C)CC(N)=S. The van der Waals surface area contributed by atoms with Crippen molar-refractivity contribution in [2.24, 2.45) is 5.73 Å². The van der Waals surface area contributed by atoms with Gasteiger partial charge >= 0.3 is 0 Å². The number of aliphatic hydroxyl groups excluding tert-OH is 1. The van der Waals surface area contributed by atoms with Gasteiger partial charge in [-0.1, -0.05) is 12.2 Å². The Morgan fingerprint density at radius 2 is 2.08 bits per heavy atom. The molecular formula is C8H18N2OS. The van der Waals surface area contributed by atoms with E-state index >= 15 is 0 Å². The monoisotopic (exact) mass is 190 g/mol. The Bertz CT molecular complexity index is 150. The minimum atomic E-state index is -0.302. The molecule has 2 atom stereocenters. The smallest absolute Gasteiger partial charge is 0.0742 e. The molecule has 72 valence electrons. The van der Waals surface area contributed by atoms with Gasteiger partial charge < -0.3 is 15.7 Å². The molecule has 0 radical (unpaired) electrons. The summed E-state index contributed by atoms with van der Waals surface area (Å²) in [5.74, 6) is 0. The molecule has 0 aromatic carbocycles. The second-order valence-corrected chi connectivity index (χ2v) is 3.83. The summed E-state index contributed by atoms with van der Waals surface area (Å²) in [5, 5.41) is 9.10. The number of rotatable bonds is 5. The van der Waals surface area contributed by atoms with Gasteiger partial charge in [0.05, 0.1) is 11.1 Å². The molecule has 0 fully saturated rings. The van der Waals surface area contributed by atoms with Gasteiger partial charge in [0.25, 0.3) is 0 Å². The molecule has 0 aliphatic heterocycles. The fourth-order valence-corrected chi connectivity index (χ4v) is 1.28. The molecule has 0 aliphatic carbocycles. The van der Waals surface area contributed by atoms with E-state index in [1.165, 1.54) is 0 Å². The molecule has 0 bridgehead atoms. The summed E-state index contributed by atoms with van der Waals surface area (Å²) in [7, 11) is 1.95. The van der Waals surface area contributed by atoms with Crippen molar-refractivity contribution in [2.45, 2.75) is 32.4 Å². The number of thiocarbonyl (C=S) groups is 1. The number of likely N-dealkylation sites (N-methyl/N-ethyl adjacent to an activating group) is 1. The van der Waals surface area contributed by atoms with Crippen LogP contribution in [0, 0.1) is 0 Å². The van der Waals surface area contributed by atoms with Gasteiger partial charge in [0.1, 0.15) is 0 Å². The maximum atomic E-state index is 9.10. The maximum absolute atomic E-state index is 9.10. The topological polar surface area (TPSA) is 49.5 Å². The highest BCUT2D eigenvalue weighted by molar-refractivity contribution is 7.80. The zero-order valence-electron chi connectivity index (χ0n) is 7.95. The van der Waals surface area contributed by atoms with Gasteiger partial charge in [-0.25, -0.2) is 0 Å². The van der Waals surface area contributed by atoms with Crippen molar-refractivity contribution < 1.29 is 5.11 Å². The molecule has 0 saturated heterocycles. The number of nitrogens with two attached hydrogens (primary N) is 1. The van der Waals surface area contributed by atoms with E-state index in [1.807, 2.05) is 18.9 Å². The largest absolute Gasteiger partial charge is 0.393 e. The Morgan fingerprint density at radius 1 is 1.58 bits per heavy atom. The van der Waals surface area contributed by atoms with Crippen molar-refractivity contribution in [1.82, 2.24) is 4.90 Å². The molecule has 3 N–H and O–H groups in total. The van der Waals surface area contributed by atoms with Crippen LogP contribution >= 0.6 is 12.2 Å². The zero-order valence-corrected chi connectivity index (χ0v) is 8.77. The number of nitrogens with zero attached hydrogens (tertiary/aromatic N) is 1. The zero-order chi connectivity index (χ0) is 9.72. The van der Waals surface area contributed by atoms with Crippen LogP contribution in [0.2, 0.25) is 0 Å². The number of hydrogen-bond donors (Lipinski definition) is 2. The van der Waals surface area contributed by atoms with Crippen LogP contribution in [0.5, 0.6) is 0 Å². The van der Waals surface area contributed by atoms with Gasteiger partial charge in [-0.15, -0.1) is 0 Å². The summed E-state index contributed by atoms with van der Waals surface area (Å²) in [6.07, 6.45) is 0.405. The van der Waals surface area contributed by atoms with Crippen LogP contribution in [0.25, 0.3) is 0 Å². The van der Waals surface area contributed by atoms with Crippen molar-refractivity contribution in [3.63, 3.8) is 0 Å². The summed E-state index contributed by atoms with van der Waals surface area (Å²) in [5.41, 5.74) is 5.40. The fraction of sp³-hybridized carbons (Fsp3) is 0.875. The molecule has 0 aromatic heterocycles. The van der Waals surface area contributed by atoms with Crippen LogP contribution in [-0.2, 0) is 0 Å². The van der Waals surface area contributed by atoms with Crippen molar-refractivity contribution >= 4 is 17.2 Å². The average Bonchev–Trinajstić information content (AvgIpc) is 1.84. The Kier molecular flexibility index (Phi) is 5.37. The van der Waals surface area contributed by atoms with Crippen LogP contribution < -0.4 is 5.73 Å². The summed E-state index contributed by atoms with van der Waals surface area (Å²) in [4.78, 5) is 2.57. The van der Waals surface area contributed by atoms with Crippen LogP contribution in [0.3, 0.4) is 0 Å². The van der Waals surface area contributed by atoms with Crippen molar-refractivity contribution in [3.8, 4) is 0 Å². The Balaban J connectivity index is 3.76. The molecule has 0 amide bonds. The molecule has 0 rings (SSSR count). The highest BCUT2D eigenvalue weighted by Crippen LogP contribution is 2.01. The lowest BCUT2D eigenvalue weighted by molar-refractivity contribution is 0.123. The predicted molar refractivity (Wildman–Crippen MR) is 55.2 cm³/mol. The lowest BCUT2D eigenvalue weighted by atomic mass is 10.2. The molecule has 0 heterocycles. The number of aliphatic hydroxyl groups is 1. The van der Waals surface area contributed by atoms with E-state index in [1.54, 1.807) is 6.92 Å². The van der Waals surface area contributed by atoms with Gasteiger partial charge in [-0.05, 0) is 20.9 Å². The van der Waals surface area contributed by atoms with E-state index in [2.05, 4.69) is 0 Å². The summed E-state index contributed by atoms with van der Waals surface area (Å²) in [6.45, 7) is 4.47. The summed E-state index contributed by atoms with van der Waals surface area (Å²) in [6, 6.07) is 0.303. The van der Waals surface area contributed by atoms with Crippen LogP contribution in [-0.4, -0.2) is 40.7 Å². The maximum Gasteiger partial charge on any atom is 0.0742 e. The summed E-state index contributed by atoms with van der Waals surface area (Å²) < 4.78 is 0. The van der Waals surface area contributed by atoms with Crippen LogP contribution in [0.4, 0.5) is 0 Å². The van der Waals surface area contributed by atoms with Gasteiger partial charge in [-0.2, -0.15) is 0 Å². The second-order valence-electron chi connectivity index (χ2n) is 3.31. The van der Waals surface area contributed by atoms with E-state index in [9.17, 15) is 0 Å². The molecule has 3 nitrogen and oxygen atoms in total. The van der Waals surface area contributed by atoms with E-state index in [0.29, 0.717) is 24.0 Å². The minimum Gasteiger partial charge on any atom is -0.393 e. The van der Waals surface area contributed by atoms with Gasteiger partial charge in [0.15, 0.2) is 0 Å². The van der Waals surface area contributed by atoms with E-state index in [4.69, 9.17) is 23.1 Å². The van der Waals surface area contributed by atoms with Gasteiger partial charge in [0.2, 0.25) is 0 Å². The predicted octanol–water partition coefficient (Wildman–Crippen LogP) is 0.364. The van der Waals surface area contributed by atoms with Crippen molar-refractivity contribution in [1.29, 1.82) is 0 Å². The van der Waals surface area contributed by atoms with Crippen LogP contribution in [0.15, 0.2) is 0 Å². The summed E-state index contributed by atoms with van der Waals surface area (Å²) >= 11 is 4.79. The fourth-order valence-electron chi connectivity index (χ4n) is 1.04. The first-order valence-electron chi connectivity index (χ1n) is 4.10. The molecule has 0 spiro atoms. The third-order valence-electron chi connectivity index (χ3n) is 1.80. The van der Waals surface area contributed by atoms with Crippen LogP contribution in [0.1, 0.15) is 20.3 Å². The quantitative estimate of drug-likeness (QED) is 0.615. The molecular weight excluding hydrogens is 172 g/mol. The van der Waals surface area contributed by atoms with E-state index in [0.717, 1.165) is 0 Å². The minimum absolute atomic E-state index is 0.302. The van der Waals surface area contributed by atoms with E-state index in [-0.39, 0.29) is 6.10 Å². The molecule has 12 heavy (non-hydrogen) atoms. The highest BCUT2D eigenvalue weighted by Gasteiger charge is 2.11. The molecule has 0 aliphatic rings. The normalized spacial score (nSPS) is 16.1. The van der Waals surface area contributed by atoms with E-state index < -0.39 is 0 Å². The lowest BCUT2D eigenvalue weighted by Crippen LogP contribution is -2.36. The first kappa shape index (κ1) is 11.8. The average molecular weight is 190 g/mol. The third kappa shape index (κ3) is 5.46.